The molecule has 0 spiro atoms. The number of hydrogen-bond acceptors (Lipinski definition) is 5. The van der Waals surface area contributed by atoms with Crippen LogP contribution in [0.3, 0.4) is 0 Å². The fourth-order valence-electron chi connectivity index (χ4n) is 3.79. The third kappa shape index (κ3) is 3.77. The molecule has 0 saturated carbocycles. The van der Waals surface area contributed by atoms with Crippen molar-refractivity contribution >= 4 is 27.3 Å². The first-order valence-electron chi connectivity index (χ1n) is 8.93. The molecule has 1 aromatic rings. The van der Waals surface area contributed by atoms with E-state index in [0.29, 0.717) is 36.2 Å². The average Bonchev–Trinajstić information content (AvgIpc) is 3.23. The number of piperidine rings is 1. The van der Waals surface area contributed by atoms with Crippen LogP contribution < -0.4 is 5.73 Å². The maximum Gasteiger partial charge on any atom is 0.253 e. The monoisotopic (exact) mass is 385 g/mol. The van der Waals surface area contributed by atoms with Gasteiger partial charge in [-0.25, -0.2) is 8.42 Å². The molecule has 0 radical (unpaired) electrons. The van der Waals surface area contributed by atoms with Crippen LogP contribution in [0.5, 0.6) is 0 Å². The van der Waals surface area contributed by atoms with Gasteiger partial charge in [-0.2, -0.15) is 4.31 Å². The Kier molecular flexibility index (Phi) is 5.53. The van der Waals surface area contributed by atoms with E-state index < -0.39 is 16.1 Å². The lowest BCUT2D eigenvalue weighted by Gasteiger charge is -2.37. The lowest BCUT2D eigenvalue weighted by atomic mass is 9.92. The van der Waals surface area contributed by atoms with Crippen molar-refractivity contribution in [2.75, 3.05) is 19.6 Å². The first-order chi connectivity index (χ1) is 11.8. The van der Waals surface area contributed by atoms with Crippen molar-refractivity contribution in [1.29, 1.82) is 0 Å². The zero-order chi connectivity index (χ0) is 18.2. The summed E-state index contributed by atoms with van der Waals surface area (Å²) < 4.78 is 27.7. The topological polar surface area (TPSA) is 83.7 Å². The summed E-state index contributed by atoms with van der Waals surface area (Å²) in [5.41, 5.74) is 6.01. The Bertz CT molecular complexity index is 729. The smallest absolute Gasteiger partial charge is 0.253 e. The van der Waals surface area contributed by atoms with Crippen LogP contribution in [0.2, 0.25) is 0 Å². The van der Waals surface area contributed by atoms with Crippen molar-refractivity contribution in [3.8, 4) is 0 Å². The van der Waals surface area contributed by atoms with Crippen molar-refractivity contribution in [3.05, 3.63) is 17.0 Å². The van der Waals surface area contributed by atoms with E-state index in [2.05, 4.69) is 0 Å². The van der Waals surface area contributed by atoms with E-state index in [1.165, 1.54) is 15.6 Å². The van der Waals surface area contributed by atoms with Crippen LogP contribution in [0.4, 0.5) is 0 Å². The zero-order valence-corrected chi connectivity index (χ0v) is 16.5. The number of amides is 1. The molecule has 1 amide bonds. The number of nitrogens with zero attached hydrogens (tertiary/aromatic N) is 2. The largest absolute Gasteiger partial charge is 0.341 e. The van der Waals surface area contributed by atoms with Gasteiger partial charge in [0.15, 0.2) is 0 Å². The molecule has 3 heterocycles. The molecule has 2 aliphatic rings. The lowest BCUT2D eigenvalue weighted by molar-refractivity contribution is -0.136. The van der Waals surface area contributed by atoms with Gasteiger partial charge in [0, 0.05) is 30.6 Å². The van der Waals surface area contributed by atoms with E-state index in [1.54, 1.807) is 6.07 Å². The van der Waals surface area contributed by atoms with Crippen molar-refractivity contribution in [2.24, 2.45) is 11.7 Å². The summed E-state index contributed by atoms with van der Waals surface area (Å²) in [6.45, 7) is 5.62. The zero-order valence-electron chi connectivity index (χ0n) is 14.8. The maximum absolute atomic E-state index is 13.0. The van der Waals surface area contributed by atoms with E-state index in [9.17, 15) is 13.2 Å². The molecule has 0 bridgehead atoms. The van der Waals surface area contributed by atoms with Gasteiger partial charge in [0.25, 0.3) is 10.0 Å². The number of likely N-dealkylation sites (tertiary alicyclic amines) is 1. The molecule has 8 heteroatoms. The highest BCUT2D eigenvalue weighted by Crippen LogP contribution is 2.31. The van der Waals surface area contributed by atoms with Gasteiger partial charge in [-0.15, -0.1) is 11.3 Å². The summed E-state index contributed by atoms with van der Waals surface area (Å²) in [7, 11) is -3.60. The van der Waals surface area contributed by atoms with Crippen LogP contribution in [0.15, 0.2) is 16.3 Å². The second-order valence-electron chi connectivity index (χ2n) is 7.18. The van der Waals surface area contributed by atoms with Gasteiger partial charge in [-0.3, -0.25) is 4.79 Å². The molecule has 3 atom stereocenters. The molecular formula is C17H27N3O3S2. The summed E-state index contributed by atoms with van der Waals surface area (Å²) in [4.78, 5) is 15.8. The molecule has 2 aliphatic heterocycles. The third-order valence-corrected chi connectivity index (χ3v) is 8.66. The lowest BCUT2D eigenvalue weighted by Crippen LogP contribution is -2.52. The molecule has 2 fully saturated rings. The van der Waals surface area contributed by atoms with Gasteiger partial charge in [0.1, 0.15) is 10.3 Å². The van der Waals surface area contributed by atoms with E-state index in [4.69, 9.17) is 5.73 Å². The van der Waals surface area contributed by atoms with Crippen molar-refractivity contribution in [3.63, 3.8) is 0 Å². The Balaban J connectivity index is 1.78. The highest BCUT2D eigenvalue weighted by atomic mass is 32.2. The predicted molar refractivity (Wildman–Crippen MR) is 98.9 cm³/mol. The summed E-state index contributed by atoms with van der Waals surface area (Å²) in [5, 5.41) is 0. The van der Waals surface area contributed by atoms with Crippen LogP contribution in [-0.4, -0.2) is 55.2 Å². The highest BCUT2D eigenvalue weighted by Gasteiger charge is 2.42. The Hall–Kier alpha value is -0.960. The molecule has 2 N–H and O–H groups in total. The normalized spacial score (nSPS) is 26.8. The number of rotatable bonds is 4. The van der Waals surface area contributed by atoms with E-state index >= 15 is 0 Å². The standard InChI is InChI=1S/C17H27N3O3S2/c1-12-7-8-16(24-12)25(22,23)20-10-4-6-15(20)17(21)19-9-3-5-14(11-19)13(2)18/h7-8,13-15H,3-6,9-11,18H2,1-2H3. The van der Waals surface area contributed by atoms with E-state index in [1.807, 2.05) is 24.8 Å². The number of carbonyl (C=O) groups excluding carboxylic acids is 1. The fourth-order valence-corrected chi connectivity index (χ4v) is 6.85. The Labute approximate surface area is 154 Å². The molecule has 140 valence electrons. The van der Waals surface area contributed by atoms with Gasteiger partial charge in [-0.1, -0.05) is 0 Å². The molecule has 6 nitrogen and oxygen atoms in total. The average molecular weight is 386 g/mol. The number of carbonyl (C=O) groups is 1. The van der Waals surface area contributed by atoms with Crippen LogP contribution in [0.1, 0.15) is 37.5 Å². The third-order valence-electron chi connectivity index (χ3n) is 5.28. The van der Waals surface area contributed by atoms with Crippen LogP contribution >= 0.6 is 11.3 Å². The number of nitrogens with two attached hydrogens (primary N) is 1. The van der Waals surface area contributed by atoms with Crippen molar-refractivity contribution < 1.29 is 13.2 Å². The van der Waals surface area contributed by atoms with Gasteiger partial charge in [0.05, 0.1) is 0 Å². The van der Waals surface area contributed by atoms with Crippen LogP contribution in [-0.2, 0) is 14.8 Å². The molecular weight excluding hydrogens is 358 g/mol. The fraction of sp³-hybridized carbons (Fsp3) is 0.706. The molecule has 3 unspecified atom stereocenters. The van der Waals surface area contributed by atoms with Gasteiger partial charge >= 0.3 is 0 Å². The van der Waals surface area contributed by atoms with Gasteiger partial charge < -0.3 is 10.6 Å². The molecule has 2 saturated heterocycles. The number of aryl methyl sites for hydroxylation is 1. The Morgan fingerprint density at radius 1 is 1.28 bits per heavy atom. The second kappa shape index (κ2) is 7.34. The molecule has 1 aromatic heterocycles. The SMILES string of the molecule is Cc1ccc(S(=O)(=O)N2CCCC2C(=O)N2CCCC(C(C)N)C2)s1. The Morgan fingerprint density at radius 3 is 2.64 bits per heavy atom. The van der Waals surface area contributed by atoms with Crippen molar-refractivity contribution in [1.82, 2.24) is 9.21 Å². The van der Waals surface area contributed by atoms with E-state index in [0.717, 1.165) is 24.1 Å². The first kappa shape index (κ1) is 18.8. The highest BCUT2D eigenvalue weighted by molar-refractivity contribution is 7.91. The Morgan fingerprint density at radius 2 is 2.00 bits per heavy atom. The molecule has 0 aromatic carbocycles. The minimum atomic E-state index is -3.60. The van der Waals surface area contributed by atoms with Gasteiger partial charge in [0.2, 0.25) is 5.91 Å². The molecule has 3 rings (SSSR count). The van der Waals surface area contributed by atoms with Crippen molar-refractivity contribution in [2.45, 2.75) is 55.8 Å². The molecule has 25 heavy (non-hydrogen) atoms. The minimum Gasteiger partial charge on any atom is -0.341 e. The van der Waals surface area contributed by atoms with Gasteiger partial charge in [-0.05, 0) is 57.6 Å². The number of thiophene rings is 1. The summed E-state index contributed by atoms with van der Waals surface area (Å²) in [5.74, 6) is 0.240. The summed E-state index contributed by atoms with van der Waals surface area (Å²) in [6, 6.07) is 2.93. The summed E-state index contributed by atoms with van der Waals surface area (Å²) in [6.07, 6.45) is 3.29. The number of hydrogen-bond donors (Lipinski definition) is 1. The first-order valence-corrected chi connectivity index (χ1v) is 11.2. The predicted octanol–water partition coefficient (Wildman–Crippen LogP) is 1.80. The number of sulfonamides is 1. The van der Waals surface area contributed by atoms with Crippen LogP contribution in [0, 0.1) is 12.8 Å². The minimum absolute atomic E-state index is 0.0492. The van der Waals surface area contributed by atoms with Crippen LogP contribution in [0.25, 0.3) is 0 Å². The maximum atomic E-state index is 13.0. The quantitative estimate of drug-likeness (QED) is 0.856. The van der Waals surface area contributed by atoms with E-state index in [-0.39, 0.29) is 11.9 Å². The molecule has 0 aliphatic carbocycles. The second-order valence-corrected chi connectivity index (χ2v) is 10.6. The summed E-state index contributed by atoms with van der Waals surface area (Å²) >= 11 is 1.26.